The number of halogens is 2. The Hall–Kier alpha value is -2.01. The van der Waals surface area contributed by atoms with E-state index in [2.05, 4.69) is 15.9 Å². The monoisotopic (exact) mass is 333 g/mol. The molecule has 2 aromatic rings. The number of hydrogen-bond donors (Lipinski definition) is 0. The lowest BCUT2D eigenvalue weighted by Crippen LogP contribution is -2.30. The van der Waals surface area contributed by atoms with Gasteiger partial charge in [-0.15, -0.1) is 0 Å². The van der Waals surface area contributed by atoms with Gasteiger partial charge in [0.2, 0.25) is 0 Å². The first kappa shape index (κ1) is 13.0. The molecule has 0 aromatic heterocycles. The number of aryl methyl sites for hydroxylation is 1. The molecule has 1 aliphatic heterocycles. The van der Waals surface area contributed by atoms with Crippen molar-refractivity contribution in [1.82, 2.24) is 0 Å². The van der Waals surface area contributed by atoms with Gasteiger partial charge in [0.15, 0.2) is 0 Å². The molecule has 0 fully saturated rings. The van der Waals surface area contributed by atoms with Crippen LogP contribution in [0.1, 0.15) is 26.3 Å². The van der Waals surface area contributed by atoms with Crippen LogP contribution in [0.2, 0.25) is 0 Å². The molecule has 5 heteroatoms. The summed E-state index contributed by atoms with van der Waals surface area (Å²) in [5, 5.41) is 0. The maximum atomic E-state index is 14.0. The first-order chi connectivity index (χ1) is 9.49. The third-order valence-corrected chi connectivity index (χ3v) is 3.69. The standard InChI is InChI=1S/C15H9BrFNO2/c1-8-2-4-10-11(6-8)15(20)18(14(10)19)13-5-3-9(16)7-12(13)17/h2-7H,1H3. The molecule has 0 atom stereocenters. The number of amides is 2. The van der Waals surface area contributed by atoms with Crippen LogP contribution in [-0.2, 0) is 0 Å². The number of benzene rings is 2. The molecule has 2 amide bonds. The van der Waals surface area contributed by atoms with Crippen molar-refractivity contribution in [2.75, 3.05) is 4.90 Å². The highest BCUT2D eigenvalue weighted by molar-refractivity contribution is 9.10. The number of anilines is 1. The van der Waals surface area contributed by atoms with Crippen molar-refractivity contribution >= 4 is 33.4 Å². The van der Waals surface area contributed by atoms with Crippen molar-refractivity contribution in [3.8, 4) is 0 Å². The van der Waals surface area contributed by atoms with Crippen LogP contribution in [0.15, 0.2) is 40.9 Å². The van der Waals surface area contributed by atoms with Crippen LogP contribution in [0.25, 0.3) is 0 Å². The predicted octanol–water partition coefficient (Wildman–Crippen LogP) is 3.70. The topological polar surface area (TPSA) is 37.4 Å². The molecule has 3 rings (SSSR count). The van der Waals surface area contributed by atoms with Crippen LogP contribution in [0, 0.1) is 12.7 Å². The first-order valence-corrected chi connectivity index (χ1v) is 6.73. The van der Waals surface area contributed by atoms with Crippen LogP contribution in [0.5, 0.6) is 0 Å². The van der Waals surface area contributed by atoms with Gasteiger partial charge in [-0.1, -0.05) is 27.6 Å². The van der Waals surface area contributed by atoms with Gasteiger partial charge in [-0.3, -0.25) is 9.59 Å². The molecule has 0 spiro atoms. The summed E-state index contributed by atoms with van der Waals surface area (Å²) in [5.41, 5.74) is 1.47. The quantitative estimate of drug-likeness (QED) is 0.746. The number of carbonyl (C=O) groups is 2. The van der Waals surface area contributed by atoms with Gasteiger partial charge >= 0.3 is 0 Å². The second kappa shape index (κ2) is 4.52. The molecule has 0 N–H and O–H groups in total. The second-order valence-electron chi connectivity index (χ2n) is 4.59. The second-order valence-corrected chi connectivity index (χ2v) is 5.51. The first-order valence-electron chi connectivity index (χ1n) is 5.93. The molecule has 3 nitrogen and oxygen atoms in total. The van der Waals surface area contributed by atoms with E-state index in [1.54, 1.807) is 24.3 Å². The molecule has 0 bridgehead atoms. The molecule has 20 heavy (non-hydrogen) atoms. The average molecular weight is 334 g/mol. The van der Waals surface area contributed by atoms with Gasteiger partial charge in [-0.2, -0.15) is 0 Å². The largest absolute Gasteiger partial charge is 0.268 e. The third kappa shape index (κ3) is 1.86. The number of rotatable bonds is 1. The third-order valence-electron chi connectivity index (χ3n) is 3.19. The number of carbonyl (C=O) groups excluding carboxylic acids is 2. The Morgan fingerprint density at radius 2 is 1.70 bits per heavy atom. The molecule has 2 aromatic carbocycles. The molecular weight excluding hydrogens is 325 g/mol. The Labute approximate surface area is 123 Å². The zero-order chi connectivity index (χ0) is 14.4. The smallest absolute Gasteiger partial charge is 0.266 e. The van der Waals surface area contributed by atoms with E-state index in [0.29, 0.717) is 15.6 Å². The van der Waals surface area contributed by atoms with E-state index in [1.807, 2.05) is 6.92 Å². The molecule has 0 saturated heterocycles. The average Bonchev–Trinajstić information content (AvgIpc) is 2.63. The molecular formula is C15H9BrFNO2. The van der Waals surface area contributed by atoms with E-state index in [1.165, 1.54) is 12.1 Å². The highest BCUT2D eigenvalue weighted by Crippen LogP contribution is 2.31. The Kier molecular flexibility index (Phi) is 2.94. The highest BCUT2D eigenvalue weighted by Gasteiger charge is 2.37. The molecule has 100 valence electrons. The van der Waals surface area contributed by atoms with Crippen LogP contribution in [-0.4, -0.2) is 11.8 Å². The molecule has 0 aliphatic carbocycles. The predicted molar refractivity (Wildman–Crippen MR) is 76.4 cm³/mol. The summed E-state index contributed by atoms with van der Waals surface area (Å²) < 4.78 is 14.5. The highest BCUT2D eigenvalue weighted by atomic mass is 79.9. The SMILES string of the molecule is Cc1ccc2c(c1)C(=O)N(c1ccc(Br)cc1F)C2=O. The summed E-state index contributed by atoms with van der Waals surface area (Å²) in [6.45, 7) is 1.83. The Bertz CT molecular complexity index is 758. The van der Waals surface area contributed by atoms with Crippen molar-refractivity contribution in [2.24, 2.45) is 0 Å². The van der Waals surface area contributed by atoms with Gasteiger partial charge in [0.05, 0.1) is 16.8 Å². The lowest BCUT2D eigenvalue weighted by Gasteiger charge is -2.14. The minimum atomic E-state index is -0.620. The van der Waals surface area contributed by atoms with E-state index in [-0.39, 0.29) is 5.69 Å². The van der Waals surface area contributed by atoms with Gasteiger partial charge in [-0.25, -0.2) is 9.29 Å². The van der Waals surface area contributed by atoms with Crippen LogP contribution >= 0.6 is 15.9 Å². The number of imide groups is 1. The number of nitrogens with zero attached hydrogens (tertiary/aromatic N) is 1. The lowest BCUT2D eigenvalue weighted by molar-refractivity contribution is 0.0925. The zero-order valence-electron chi connectivity index (χ0n) is 10.5. The van der Waals surface area contributed by atoms with Crippen molar-refractivity contribution in [3.63, 3.8) is 0 Å². The van der Waals surface area contributed by atoms with Crippen molar-refractivity contribution in [3.05, 3.63) is 63.4 Å². The van der Waals surface area contributed by atoms with Crippen LogP contribution in [0.4, 0.5) is 10.1 Å². The Morgan fingerprint density at radius 3 is 2.40 bits per heavy atom. The van der Waals surface area contributed by atoms with E-state index >= 15 is 0 Å². The summed E-state index contributed by atoms with van der Waals surface area (Å²) in [5.74, 6) is -1.60. The van der Waals surface area contributed by atoms with Gasteiger partial charge in [0.25, 0.3) is 11.8 Å². The zero-order valence-corrected chi connectivity index (χ0v) is 12.1. The van der Waals surface area contributed by atoms with Crippen LogP contribution < -0.4 is 4.90 Å². The fourth-order valence-corrected chi connectivity index (χ4v) is 2.57. The maximum Gasteiger partial charge on any atom is 0.266 e. The van der Waals surface area contributed by atoms with E-state index < -0.39 is 17.6 Å². The molecule has 1 heterocycles. The van der Waals surface area contributed by atoms with Crippen molar-refractivity contribution in [1.29, 1.82) is 0 Å². The van der Waals surface area contributed by atoms with Gasteiger partial charge in [0.1, 0.15) is 5.82 Å². The van der Waals surface area contributed by atoms with E-state index in [9.17, 15) is 14.0 Å². The van der Waals surface area contributed by atoms with Crippen molar-refractivity contribution in [2.45, 2.75) is 6.92 Å². The minimum Gasteiger partial charge on any atom is -0.268 e. The van der Waals surface area contributed by atoms with Gasteiger partial charge in [-0.05, 0) is 37.3 Å². The fourth-order valence-electron chi connectivity index (χ4n) is 2.24. The fraction of sp³-hybridized carbons (Fsp3) is 0.0667. The maximum absolute atomic E-state index is 14.0. The summed E-state index contributed by atoms with van der Waals surface area (Å²) in [6, 6.07) is 9.23. The van der Waals surface area contributed by atoms with Crippen LogP contribution in [0.3, 0.4) is 0 Å². The molecule has 1 aliphatic rings. The Morgan fingerprint density at radius 1 is 1.00 bits per heavy atom. The summed E-state index contributed by atoms with van der Waals surface area (Å²) in [4.78, 5) is 25.5. The summed E-state index contributed by atoms with van der Waals surface area (Å²) in [7, 11) is 0. The summed E-state index contributed by atoms with van der Waals surface area (Å²) >= 11 is 3.14. The molecule has 0 unspecified atom stereocenters. The van der Waals surface area contributed by atoms with Gasteiger partial charge in [0, 0.05) is 4.47 Å². The molecule has 0 saturated carbocycles. The van der Waals surface area contributed by atoms with E-state index in [4.69, 9.17) is 0 Å². The van der Waals surface area contributed by atoms with E-state index in [0.717, 1.165) is 10.5 Å². The summed E-state index contributed by atoms with van der Waals surface area (Å²) in [6.07, 6.45) is 0. The number of hydrogen-bond acceptors (Lipinski definition) is 2. The molecule has 0 radical (unpaired) electrons. The van der Waals surface area contributed by atoms with Gasteiger partial charge < -0.3 is 0 Å². The Balaban J connectivity index is 2.14. The normalized spacial score (nSPS) is 13.8. The van der Waals surface area contributed by atoms with Crippen molar-refractivity contribution < 1.29 is 14.0 Å². The number of fused-ring (bicyclic) bond motifs is 1. The minimum absolute atomic E-state index is 0.0305. The lowest BCUT2D eigenvalue weighted by atomic mass is 10.1.